The monoisotopic (exact) mass is 467 g/mol. The number of hydrogen-bond donors (Lipinski definition) is 1. The number of esters is 1. The molecule has 3 aromatic rings. The standard InChI is InChI=1S/C24H26BrN3O2/c1-3-30-24(29)21-15-26-22-9-6-17(16-4-7-18(25)8-5-16)14-20(22)23(21)27-19-10-12-28(2)13-11-19/h4-9,14-15,19H,3,10-13H2,1-2H3,(H,26,27). The number of hydrogen-bond acceptors (Lipinski definition) is 5. The second-order valence-corrected chi connectivity index (χ2v) is 8.64. The molecule has 0 amide bonds. The Labute approximate surface area is 185 Å². The quantitative estimate of drug-likeness (QED) is 0.512. The van der Waals surface area contributed by atoms with Crippen molar-refractivity contribution in [3.63, 3.8) is 0 Å². The summed E-state index contributed by atoms with van der Waals surface area (Å²) in [4.78, 5) is 19.6. The first-order valence-corrected chi connectivity index (χ1v) is 11.2. The van der Waals surface area contributed by atoms with Gasteiger partial charge in [-0.3, -0.25) is 4.98 Å². The van der Waals surface area contributed by atoms with Crippen LogP contribution in [0.2, 0.25) is 0 Å². The Morgan fingerprint density at radius 3 is 2.57 bits per heavy atom. The SMILES string of the molecule is CCOC(=O)c1cnc2ccc(-c3ccc(Br)cc3)cc2c1NC1CCN(C)CC1. The zero-order valence-corrected chi connectivity index (χ0v) is 18.9. The smallest absolute Gasteiger partial charge is 0.341 e. The van der Waals surface area contributed by atoms with Gasteiger partial charge in [0, 0.05) is 22.1 Å². The number of nitrogens with one attached hydrogen (secondary N) is 1. The number of fused-ring (bicyclic) bond motifs is 1. The molecule has 2 aromatic carbocycles. The molecule has 4 rings (SSSR count). The molecule has 0 unspecified atom stereocenters. The van der Waals surface area contributed by atoms with E-state index in [1.165, 1.54) is 0 Å². The summed E-state index contributed by atoms with van der Waals surface area (Å²) in [7, 11) is 2.15. The number of nitrogens with zero attached hydrogens (tertiary/aromatic N) is 2. The van der Waals surface area contributed by atoms with Crippen molar-refractivity contribution >= 4 is 38.5 Å². The van der Waals surface area contributed by atoms with Gasteiger partial charge >= 0.3 is 5.97 Å². The third-order valence-corrected chi connectivity index (χ3v) is 6.14. The first kappa shape index (κ1) is 20.8. The summed E-state index contributed by atoms with van der Waals surface area (Å²) >= 11 is 3.49. The van der Waals surface area contributed by atoms with Crippen LogP contribution < -0.4 is 5.32 Å². The number of carbonyl (C=O) groups excluding carboxylic acids is 1. The maximum atomic E-state index is 12.7. The van der Waals surface area contributed by atoms with E-state index in [-0.39, 0.29) is 5.97 Å². The lowest BCUT2D eigenvalue weighted by molar-refractivity contribution is 0.0527. The van der Waals surface area contributed by atoms with Crippen LogP contribution in [-0.4, -0.2) is 48.6 Å². The van der Waals surface area contributed by atoms with Gasteiger partial charge in [-0.25, -0.2) is 4.79 Å². The van der Waals surface area contributed by atoms with E-state index >= 15 is 0 Å². The fourth-order valence-electron chi connectivity index (χ4n) is 3.89. The van der Waals surface area contributed by atoms with Crippen LogP contribution in [0.15, 0.2) is 53.1 Å². The molecule has 0 bridgehead atoms. The van der Waals surface area contributed by atoms with Crippen molar-refractivity contribution in [3.05, 3.63) is 58.7 Å². The predicted octanol–water partition coefficient (Wildman–Crippen LogP) is 5.35. The fraction of sp³-hybridized carbons (Fsp3) is 0.333. The van der Waals surface area contributed by atoms with Crippen LogP contribution in [0.4, 0.5) is 5.69 Å². The number of likely N-dealkylation sites (tertiary alicyclic amines) is 1. The Morgan fingerprint density at radius 2 is 1.87 bits per heavy atom. The molecule has 0 spiro atoms. The molecule has 6 heteroatoms. The second-order valence-electron chi connectivity index (χ2n) is 7.73. The van der Waals surface area contributed by atoms with Gasteiger partial charge in [0.15, 0.2) is 0 Å². The molecular weight excluding hydrogens is 442 g/mol. The highest BCUT2D eigenvalue weighted by atomic mass is 79.9. The maximum absolute atomic E-state index is 12.7. The van der Waals surface area contributed by atoms with Crippen LogP contribution in [0.25, 0.3) is 22.0 Å². The van der Waals surface area contributed by atoms with E-state index in [4.69, 9.17) is 4.74 Å². The molecule has 5 nitrogen and oxygen atoms in total. The molecule has 0 aliphatic carbocycles. The third kappa shape index (κ3) is 4.50. The fourth-order valence-corrected chi connectivity index (χ4v) is 4.15. The zero-order chi connectivity index (χ0) is 21.1. The van der Waals surface area contributed by atoms with Gasteiger partial charge in [-0.15, -0.1) is 0 Å². The number of ether oxygens (including phenoxy) is 1. The van der Waals surface area contributed by atoms with Crippen molar-refractivity contribution in [3.8, 4) is 11.1 Å². The van der Waals surface area contributed by atoms with Crippen LogP contribution >= 0.6 is 15.9 Å². The summed E-state index contributed by atoms with van der Waals surface area (Å²) in [6, 6.07) is 14.7. The number of pyridine rings is 1. The number of halogens is 1. The van der Waals surface area contributed by atoms with Crippen molar-refractivity contribution in [1.29, 1.82) is 0 Å². The van der Waals surface area contributed by atoms with Crippen molar-refractivity contribution in [2.24, 2.45) is 0 Å². The molecule has 156 valence electrons. The Kier molecular flexibility index (Phi) is 6.35. The molecule has 1 aliphatic rings. The van der Waals surface area contributed by atoms with Crippen molar-refractivity contribution < 1.29 is 9.53 Å². The minimum absolute atomic E-state index is 0.316. The first-order chi connectivity index (χ1) is 14.5. The lowest BCUT2D eigenvalue weighted by Crippen LogP contribution is -2.37. The molecular formula is C24H26BrN3O2. The van der Waals surface area contributed by atoms with Gasteiger partial charge in [0.1, 0.15) is 5.56 Å². The largest absolute Gasteiger partial charge is 0.462 e. The van der Waals surface area contributed by atoms with E-state index in [1.54, 1.807) is 6.20 Å². The van der Waals surface area contributed by atoms with E-state index in [0.29, 0.717) is 18.2 Å². The molecule has 2 heterocycles. The highest BCUT2D eigenvalue weighted by Crippen LogP contribution is 2.33. The predicted molar refractivity (Wildman–Crippen MR) is 125 cm³/mol. The summed E-state index contributed by atoms with van der Waals surface area (Å²) in [5.74, 6) is -0.337. The average Bonchev–Trinajstić information content (AvgIpc) is 2.76. The van der Waals surface area contributed by atoms with Crippen LogP contribution in [0.5, 0.6) is 0 Å². The number of piperidine rings is 1. The van der Waals surface area contributed by atoms with Crippen molar-refractivity contribution in [1.82, 2.24) is 9.88 Å². The zero-order valence-electron chi connectivity index (χ0n) is 17.3. The van der Waals surface area contributed by atoms with Gasteiger partial charge in [-0.2, -0.15) is 0 Å². The van der Waals surface area contributed by atoms with Crippen LogP contribution in [0.3, 0.4) is 0 Å². The van der Waals surface area contributed by atoms with Crippen molar-refractivity contribution in [2.45, 2.75) is 25.8 Å². The summed E-state index contributed by atoms with van der Waals surface area (Å²) in [6.07, 6.45) is 3.71. The Balaban J connectivity index is 1.79. The lowest BCUT2D eigenvalue weighted by Gasteiger charge is -2.31. The molecule has 0 saturated carbocycles. The van der Waals surface area contributed by atoms with E-state index < -0.39 is 0 Å². The van der Waals surface area contributed by atoms with Gasteiger partial charge in [0.2, 0.25) is 0 Å². The molecule has 1 aromatic heterocycles. The second kappa shape index (κ2) is 9.14. The van der Waals surface area contributed by atoms with E-state index in [0.717, 1.165) is 58.1 Å². The number of aromatic nitrogens is 1. The number of carbonyl (C=O) groups is 1. The topological polar surface area (TPSA) is 54.5 Å². The van der Waals surface area contributed by atoms with Crippen molar-refractivity contribution in [2.75, 3.05) is 32.1 Å². The molecule has 1 saturated heterocycles. The highest BCUT2D eigenvalue weighted by Gasteiger charge is 2.22. The molecule has 1 N–H and O–H groups in total. The molecule has 1 fully saturated rings. The molecule has 30 heavy (non-hydrogen) atoms. The molecule has 0 radical (unpaired) electrons. The number of anilines is 1. The Morgan fingerprint density at radius 1 is 1.17 bits per heavy atom. The van der Waals surface area contributed by atoms with Gasteiger partial charge < -0.3 is 15.0 Å². The highest BCUT2D eigenvalue weighted by molar-refractivity contribution is 9.10. The van der Waals surface area contributed by atoms with E-state index in [1.807, 2.05) is 25.1 Å². The number of benzene rings is 2. The van der Waals surface area contributed by atoms with Crippen LogP contribution in [-0.2, 0) is 4.74 Å². The summed E-state index contributed by atoms with van der Waals surface area (Å²) in [6.45, 7) is 4.24. The Hall–Kier alpha value is -2.44. The first-order valence-electron chi connectivity index (χ1n) is 10.4. The van der Waals surface area contributed by atoms with Crippen LogP contribution in [0, 0.1) is 0 Å². The van der Waals surface area contributed by atoms with Crippen LogP contribution in [0.1, 0.15) is 30.1 Å². The average molecular weight is 468 g/mol. The van der Waals surface area contributed by atoms with E-state index in [9.17, 15) is 4.79 Å². The maximum Gasteiger partial charge on any atom is 0.341 e. The summed E-state index contributed by atoms with van der Waals surface area (Å²) < 4.78 is 6.36. The minimum Gasteiger partial charge on any atom is -0.462 e. The van der Waals surface area contributed by atoms with Gasteiger partial charge in [-0.05, 0) is 75.3 Å². The third-order valence-electron chi connectivity index (χ3n) is 5.61. The normalized spacial score (nSPS) is 15.3. The van der Waals surface area contributed by atoms with Gasteiger partial charge in [0.05, 0.1) is 17.8 Å². The van der Waals surface area contributed by atoms with Gasteiger partial charge in [0.25, 0.3) is 0 Å². The minimum atomic E-state index is -0.337. The summed E-state index contributed by atoms with van der Waals surface area (Å²) in [5.41, 5.74) is 4.39. The molecule has 0 atom stereocenters. The molecule has 1 aliphatic heterocycles. The Bertz CT molecular complexity index is 1040. The lowest BCUT2D eigenvalue weighted by atomic mass is 9.99. The summed E-state index contributed by atoms with van der Waals surface area (Å²) in [5, 5.41) is 4.61. The van der Waals surface area contributed by atoms with E-state index in [2.05, 4.69) is 62.4 Å². The van der Waals surface area contributed by atoms with Gasteiger partial charge in [-0.1, -0.05) is 34.1 Å². The number of rotatable bonds is 5.